The van der Waals surface area contributed by atoms with Gasteiger partial charge in [0.15, 0.2) is 0 Å². The Morgan fingerprint density at radius 1 is 1.50 bits per heavy atom. The fourth-order valence-electron chi connectivity index (χ4n) is 0. The van der Waals surface area contributed by atoms with Crippen molar-refractivity contribution in [3.8, 4) is 0 Å². The number of hydrogen-bond donors (Lipinski definition) is 3. The number of rotatable bonds is 0. The van der Waals surface area contributed by atoms with Crippen molar-refractivity contribution in [1.82, 2.24) is 0 Å². The van der Waals surface area contributed by atoms with E-state index < -0.39 is 11.0 Å². The molecule has 4 nitrogen and oxygen atoms in total. The molecule has 0 aliphatic rings. The zero-order valence-corrected chi connectivity index (χ0v) is 6.18. The van der Waals surface area contributed by atoms with E-state index in [-0.39, 0.29) is 0 Å². The van der Waals surface area contributed by atoms with E-state index in [9.17, 15) is 0 Å². The van der Waals surface area contributed by atoms with Crippen LogP contribution in [-0.2, 0) is 11.0 Å². The molecule has 0 aliphatic heterocycles. The molecule has 0 unspecified atom stereocenters. The largest absolute Gasteiger partial charge is 0.358 e. The maximum Gasteiger partial charge on any atom is 0.254 e. The van der Waals surface area contributed by atoms with Gasteiger partial charge in [-0.15, -0.1) is 0 Å². The normalized spacial score (nSPS) is 7.17. The first-order valence-electron chi connectivity index (χ1n) is 1.14. The van der Waals surface area contributed by atoms with Crippen LogP contribution in [0.1, 0.15) is 0 Å². The molecule has 0 rings (SSSR count). The minimum atomic E-state index is -3.12. The lowest BCUT2D eigenvalue weighted by atomic mass is 13.9. The van der Waals surface area contributed by atoms with Gasteiger partial charge in [0.25, 0.3) is 11.0 Å². The van der Waals surface area contributed by atoms with E-state index in [2.05, 4.69) is 5.40 Å². The van der Waals surface area contributed by atoms with Crippen LogP contribution in [0.5, 0.6) is 0 Å². The molecule has 0 spiro atoms. The van der Waals surface area contributed by atoms with E-state index in [0.717, 1.165) is 10.4 Å². The first-order valence-corrected chi connectivity index (χ1v) is 3.43. The lowest BCUT2D eigenvalue weighted by molar-refractivity contribution is 0.509. The Balaban J connectivity index is 0. The first-order chi connectivity index (χ1) is 2.73. The van der Waals surface area contributed by atoms with Crippen LogP contribution >= 0.6 is 0 Å². The molecule has 0 aliphatic carbocycles. The zero-order chi connectivity index (χ0) is 5.58. The Bertz CT molecular complexity index is 59.2. The topological polar surface area (TPSA) is 80.4 Å². The highest BCUT2D eigenvalue weighted by Crippen LogP contribution is 1.27. The molecule has 6 heavy (non-hydrogen) atoms. The molecular weight excluding hydrogens is 122 g/mol. The molecule has 3 N–H and O–H groups in total. The van der Waals surface area contributed by atoms with Crippen LogP contribution in [-0.4, -0.2) is 23.4 Å². The van der Waals surface area contributed by atoms with Crippen LogP contribution in [0, 0.1) is 0 Å². The molecule has 0 aromatic rings. The van der Waals surface area contributed by atoms with Crippen LogP contribution < -0.4 is 5.40 Å². The van der Waals surface area contributed by atoms with Gasteiger partial charge in [-0.2, -0.15) is 0 Å². The average Bonchev–Trinajstić information content (AvgIpc) is 1.41. The molecule has 0 amide bonds. The molecule has 0 atom stereocenters. The summed E-state index contributed by atoms with van der Waals surface area (Å²) in [6, 6.07) is 0. The fraction of sp³-hybridized carbons (Fsp3) is 0. The van der Waals surface area contributed by atoms with Gasteiger partial charge in [0.05, 0.1) is 10.4 Å². The molecule has 0 heterocycles. The summed E-state index contributed by atoms with van der Waals surface area (Å²) in [5, 5.41) is 4.64. The molecule has 6 heteroatoms. The van der Waals surface area contributed by atoms with Gasteiger partial charge in [0.1, 0.15) is 0 Å². The maximum atomic E-state index is 8.59. The molecule has 0 aromatic carbocycles. The third-order valence-electron chi connectivity index (χ3n) is 0. The highest BCUT2D eigenvalue weighted by Gasteiger charge is 1.44. The Morgan fingerprint density at radius 2 is 1.50 bits per heavy atom. The predicted octanol–water partition coefficient (Wildman–Crippen LogP) is -2.70. The molecule has 0 aromatic heterocycles. The van der Waals surface area contributed by atoms with Gasteiger partial charge in [0.2, 0.25) is 0 Å². The van der Waals surface area contributed by atoms with Crippen molar-refractivity contribution < 1.29 is 13.0 Å². The summed E-state index contributed by atoms with van der Waals surface area (Å²) in [6.07, 6.45) is 0. The summed E-state index contributed by atoms with van der Waals surface area (Å²) in [5.41, 5.74) is 0. The Morgan fingerprint density at radius 3 is 1.50 bits per heavy atom. The third kappa shape index (κ3) is 5160. The second-order valence-electron chi connectivity index (χ2n) is 0.238. The fourth-order valence-corrected chi connectivity index (χ4v) is 0. The van der Waals surface area contributed by atoms with Gasteiger partial charge in [-0.3, -0.25) is 4.55 Å². The number of thiol groups is 1. The van der Waals surface area contributed by atoms with Crippen molar-refractivity contribution in [2.45, 2.75) is 0 Å². The summed E-state index contributed by atoms with van der Waals surface area (Å²) < 4.78 is 24.2. The highest BCUT2D eigenvalue weighted by atomic mass is 32.2. The zero-order valence-electron chi connectivity index (χ0n) is 3.29. The second-order valence-corrected chi connectivity index (χ2v) is 0.714. The van der Waals surface area contributed by atoms with Gasteiger partial charge in [-0.25, -0.2) is 8.42 Å². The van der Waals surface area contributed by atoms with Crippen molar-refractivity contribution in [3.05, 3.63) is 0 Å². The van der Waals surface area contributed by atoms with Crippen molar-refractivity contribution in [2.24, 2.45) is 5.40 Å². The molecule has 0 fully saturated rings. The predicted molar refractivity (Wildman–Crippen MR) is 27.1 cm³/mol. The molecule has 0 saturated heterocycles. The second kappa shape index (κ2) is 8.92. The minimum Gasteiger partial charge on any atom is -0.358 e. The van der Waals surface area contributed by atoms with E-state index in [1.54, 1.807) is 0 Å². The van der Waals surface area contributed by atoms with E-state index in [1.165, 1.54) is 0 Å². The SMILES string of the molecule is N[SiH3].O=[SH](=O)O. The van der Waals surface area contributed by atoms with Crippen molar-refractivity contribution in [2.75, 3.05) is 0 Å². The van der Waals surface area contributed by atoms with Crippen LogP contribution in [0.15, 0.2) is 0 Å². The summed E-state index contributed by atoms with van der Waals surface area (Å²) in [4.78, 5) is 0. The molecule has 0 saturated carbocycles. The first kappa shape index (κ1) is 9.43. The molecule has 40 valence electrons. The van der Waals surface area contributed by atoms with Crippen LogP contribution in [0.4, 0.5) is 0 Å². The van der Waals surface area contributed by atoms with Gasteiger partial charge >= 0.3 is 0 Å². The smallest absolute Gasteiger partial charge is 0.254 e. The lowest BCUT2D eigenvalue weighted by Crippen LogP contribution is -1.75. The summed E-state index contributed by atoms with van der Waals surface area (Å²) in [5.74, 6) is 0. The van der Waals surface area contributed by atoms with Crippen LogP contribution in [0.25, 0.3) is 0 Å². The quantitative estimate of drug-likeness (QED) is 0.189. The molecule has 0 bridgehead atoms. The Kier molecular flexibility index (Phi) is 14.0. The molecule has 0 radical (unpaired) electrons. The summed E-state index contributed by atoms with van der Waals surface area (Å²) in [7, 11) is -2.31. The number of hydrogen-bond acceptors (Lipinski definition) is 3. The van der Waals surface area contributed by atoms with E-state index in [0.29, 0.717) is 0 Å². The van der Waals surface area contributed by atoms with Crippen molar-refractivity contribution in [1.29, 1.82) is 0 Å². The minimum absolute atomic E-state index is 0.806. The van der Waals surface area contributed by atoms with Gasteiger partial charge in [-0.1, -0.05) is 0 Å². The average molecular weight is 129 g/mol. The van der Waals surface area contributed by atoms with Crippen molar-refractivity contribution in [3.63, 3.8) is 0 Å². The summed E-state index contributed by atoms with van der Waals surface area (Å²) in [6.45, 7) is 0. The van der Waals surface area contributed by atoms with Crippen LogP contribution in [0.3, 0.4) is 0 Å². The third-order valence-corrected chi connectivity index (χ3v) is 0. The van der Waals surface area contributed by atoms with Crippen molar-refractivity contribution >= 4 is 21.4 Å². The van der Waals surface area contributed by atoms with Gasteiger partial charge in [0, 0.05) is 0 Å². The highest BCUT2D eigenvalue weighted by molar-refractivity contribution is 7.66. The monoisotopic (exact) mass is 129 g/mol. The summed E-state index contributed by atoms with van der Waals surface area (Å²) >= 11 is 0. The van der Waals surface area contributed by atoms with Gasteiger partial charge < -0.3 is 5.40 Å². The van der Waals surface area contributed by atoms with E-state index in [4.69, 9.17) is 13.0 Å². The van der Waals surface area contributed by atoms with E-state index in [1.807, 2.05) is 0 Å². The lowest BCUT2D eigenvalue weighted by Gasteiger charge is -1.43. The molecular formula is H7NO3SSi. The Hall–Kier alpha value is 0.0869. The van der Waals surface area contributed by atoms with Gasteiger partial charge in [-0.05, 0) is 0 Å². The Labute approximate surface area is 40.6 Å². The number of nitrogens with two attached hydrogens (primary N) is 1. The van der Waals surface area contributed by atoms with Crippen LogP contribution in [0.2, 0.25) is 0 Å². The van der Waals surface area contributed by atoms with E-state index >= 15 is 0 Å². The standard InChI is InChI=1S/H5NSi.H2O3S/c1-2;1-4(2)3/h1H2,2H3;4H,(H,1,2,3). The maximum absolute atomic E-state index is 8.59.